The number of hydrogen-bond donors (Lipinski definition) is 1. The monoisotopic (exact) mass is 181 g/mol. The second-order valence-electron chi connectivity index (χ2n) is 2.50. The van der Waals surface area contributed by atoms with Crippen LogP contribution in [0.1, 0.15) is 5.69 Å². The molecule has 0 spiro atoms. The molecule has 70 valence electrons. The van der Waals surface area contributed by atoms with Crippen molar-refractivity contribution in [1.82, 2.24) is 9.97 Å². The molecule has 0 radical (unpaired) electrons. The van der Waals surface area contributed by atoms with Crippen molar-refractivity contribution in [3.8, 4) is 0 Å². The van der Waals surface area contributed by atoms with Crippen molar-refractivity contribution in [2.45, 2.75) is 6.92 Å². The van der Waals surface area contributed by atoms with Gasteiger partial charge in [-0.1, -0.05) is 0 Å². The highest BCUT2D eigenvalue weighted by atomic mass is 16.5. The van der Waals surface area contributed by atoms with Gasteiger partial charge in [0.2, 0.25) is 5.95 Å². The number of amides is 1. The van der Waals surface area contributed by atoms with E-state index in [-0.39, 0.29) is 12.5 Å². The first-order valence-corrected chi connectivity index (χ1v) is 3.81. The van der Waals surface area contributed by atoms with Crippen LogP contribution in [0, 0.1) is 6.92 Å². The van der Waals surface area contributed by atoms with Gasteiger partial charge in [-0.25, -0.2) is 9.97 Å². The molecule has 5 nitrogen and oxygen atoms in total. The standard InChI is InChI=1S/C8H11N3O2/c1-6-3-4-9-8(10-6)11-7(12)5-13-2/h3-4H,5H2,1-2H3,(H,9,10,11,12). The van der Waals surface area contributed by atoms with E-state index in [1.165, 1.54) is 7.11 Å². The highest BCUT2D eigenvalue weighted by Crippen LogP contribution is 1.98. The van der Waals surface area contributed by atoms with Crippen LogP contribution in [-0.4, -0.2) is 29.6 Å². The van der Waals surface area contributed by atoms with Gasteiger partial charge in [-0.15, -0.1) is 0 Å². The highest BCUT2D eigenvalue weighted by Gasteiger charge is 2.02. The van der Waals surface area contributed by atoms with E-state index in [1.54, 1.807) is 12.3 Å². The molecule has 1 aromatic heterocycles. The summed E-state index contributed by atoms with van der Waals surface area (Å²) < 4.78 is 4.64. The van der Waals surface area contributed by atoms with Gasteiger partial charge in [-0.05, 0) is 13.0 Å². The third-order valence-electron chi connectivity index (χ3n) is 1.32. The molecule has 0 unspecified atom stereocenters. The van der Waals surface area contributed by atoms with Crippen LogP contribution in [0.4, 0.5) is 5.95 Å². The van der Waals surface area contributed by atoms with Gasteiger partial charge in [0.15, 0.2) is 0 Å². The van der Waals surface area contributed by atoms with Gasteiger partial charge in [-0.3, -0.25) is 10.1 Å². The molecule has 1 heterocycles. The molecule has 0 saturated heterocycles. The Morgan fingerprint density at radius 2 is 2.46 bits per heavy atom. The Hall–Kier alpha value is -1.49. The molecule has 0 bridgehead atoms. The van der Waals surface area contributed by atoms with Gasteiger partial charge >= 0.3 is 0 Å². The van der Waals surface area contributed by atoms with Crippen molar-refractivity contribution in [2.24, 2.45) is 0 Å². The largest absolute Gasteiger partial charge is 0.375 e. The van der Waals surface area contributed by atoms with Crippen LogP contribution in [0.15, 0.2) is 12.3 Å². The summed E-state index contributed by atoms with van der Waals surface area (Å²) in [5.41, 5.74) is 0.808. The SMILES string of the molecule is COCC(=O)Nc1nccc(C)n1. The van der Waals surface area contributed by atoms with E-state index in [0.29, 0.717) is 5.95 Å². The fourth-order valence-corrected chi connectivity index (χ4v) is 0.801. The molecule has 1 N–H and O–H groups in total. The number of aryl methyl sites for hydroxylation is 1. The van der Waals surface area contributed by atoms with Crippen molar-refractivity contribution in [2.75, 3.05) is 19.0 Å². The number of hydrogen-bond acceptors (Lipinski definition) is 4. The van der Waals surface area contributed by atoms with Crippen LogP contribution in [0.2, 0.25) is 0 Å². The molecular weight excluding hydrogens is 170 g/mol. The Bertz CT molecular complexity index is 301. The van der Waals surface area contributed by atoms with Crippen molar-refractivity contribution >= 4 is 11.9 Å². The minimum absolute atomic E-state index is 0.0112. The number of nitrogens with one attached hydrogen (secondary N) is 1. The lowest BCUT2D eigenvalue weighted by Gasteiger charge is -2.02. The topological polar surface area (TPSA) is 64.1 Å². The van der Waals surface area contributed by atoms with Crippen molar-refractivity contribution in [3.63, 3.8) is 0 Å². The second-order valence-corrected chi connectivity index (χ2v) is 2.50. The van der Waals surface area contributed by atoms with E-state index in [2.05, 4.69) is 20.0 Å². The average Bonchev–Trinajstić information content (AvgIpc) is 2.04. The van der Waals surface area contributed by atoms with E-state index >= 15 is 0 Å². The Kier molecular flexibility index (Phi) is 3.33. The van der Waals surface area contributed by atoms with E-state index in [0.717, 1.165) is 5.69 Å². The first-order valence-electron chi connectivity index (χ1n) is 3.81. The van der Waals surface area contributed by atoms with Gasteiger partial charge < -0.3 is 4.74 Å². The molecule has 0 aromatic carbocycles. The van der Waals surface area contributed by atoms with Crippen molar-refractivity contribution in [3.05, 3.63) is 18.0 Å². The van der Waals surface area contributed by atoms with Crippen LogP contribution in [0.3, 0.4) is 0 Å². The minimum atomic E-state index is -0.256. The molecular formula is C8H11N3O2. The molecule has 0 saturated carbocycles. The lowest BCUT2D eigenvalue weighted by atomic mass is 10.5. The number of nitrogens with zero attached hydrogens (tertiary/aromatic N) is 2. The van der Waals surface area contributed by atoms with Gasteiger partial charge in [0, 0.05) is 19.0 Å². The maximum Gasteiger partial charge on any atom is 0.252 e. The molecule has 0 aliphatic rings. The highest BCUT2D eigenvalue weighted by molar-refractivity contribution is 5.89. The second kappa shape index (κ2) is 4.51. The summed E-state index contributed by atoms with van der Waals surface area (Å²) in [6, 6.07) is 1.76. The van der Waals surface area contributed by atoms with E-state index in [4.69, 9.17) is 0 Å². The summed E-state index contributed by atoms with van der Waals surface area (Å²) in [5.74, 6) is 0.0511. The zero-order chi connectivity index (χ0) is 9.68. The molecule has 13 heavy (non-hydrogen) atoms. The van der Waals surface area contributed by atoms with Crippen LogP contribution in [0.25, 0.3) is 0 Å². The van der Waals surface area contributed by atoms with E-state index in [9.17, 15) is 4.79 Å². The predicted octanol–water partition coefficient (Wildman–Crippen LogP) is 0.370. The Balaban J connectivity index is 2.58. The zero-order valence-corrected chi connectivity index (χ0v) is 7.57. The summed E-state index contributed by atoms with van der Waals surface area (Å²) in [4.78, 5) is 18.9. The summed E-state index contributed by atoms with van der Waals surface area (Å²) >= 11 is 0. The number of methoxy groups -OCH3 is 1. The number of carbonyl (C=O) groups is 1. The van der Waals surface area contributed by atoms with Crippen LogP contribution in [-0.2, 0) is 9.53 Å². The maximum atomic E-state index is 11.0. The smallest absolute Gasteiger partial charge is 0.252 e. The Morgan fingerprint density at radius 3 is 3.08 bits per heavy atom. The normalized spacial score (nSPS) is 9.69. The van der Waals surface area contributed by atoms with Crippen LogP contribution >= 0.6 is 0 Å². The predicted molar refractivity (Wildman–Crippen MR) is 47.3 cm³/mol. The fraction of sp³-hybridized carbons (Fsp3) is 0.375. The van der Waals surface area contributed by atoms with E-state index < -0.39 is 0 Å². The van der Waals surface area contributed by atoms with Crippen LogP contribution in [0.5, 0.6) is 0 Å². The first kappa shape index (κ1) is 9.60. The summed E-state index contributed by atoms with van der Waals surface area (Å²) in [7, 11) is 1.46. The Morgan fingerprint density at radius 1 is 1.69 bits per heavy atom. The zero-order valence-electron chi connectivity index (χ0n) is 7.57. The number of anilines is 1. The summed E-state index contributed by atoms with van der Waals surface area (Å²) in [6.07, 6.45) is 1.59. The van der Waals surface area contributed by atoms with Gasteiger partial charge in [0.05, 0.1) is 0 Å². The third-order valence-corrected chi connectivity index (χ3v) is 1.32. The number of rotatable bonds is 3. The average molecular weight is 181 g/mol. The molecule has 5 heteroatoms. The van der Waals surface area contributed by atoms with Gasteiger partial charge in [-0.2, -0.15) is 0 Å². The number of ether oxygens (including phenoxy) is 1. The number of aromatic nitrogens is 2. The van der Waals surface area contributed by atoms with E-state index in [1.807, 2.05) is 6.92 Å². The maximum absolute atomic E-state index is 11.0. The molecule has 1 aromatic rings. The number of carbonyl (C=O) groups excluding carboxylic acids is 1. The van der Waals surface area contributed by atoms with Crippen molar-refractivity contribution < 1.29 is 9.53 Å². The van der Waals surface area contributed by atoms with Crippen molar-refractivity contribution in [1.29, 1.82) is 0 Å². The minimum Gasteiger partial charge on any atom is -0.375 e. The fourth-order valence-electron chi connectivity index (χ4n) is 0.801. The molecule has 1 amide bonds. The quantitative estimate of drug-likeness (QED) is 0.731. The third kappa shape index (κ3) is 3.16. The molecule has 0 aliphatic carbocycles. The summed E-state index contributed by atoms with van der Waals surface area (Å²) in [6.45, 7) is 1.84. The lowest BCUT2D eigenvalue weighted by Crippen LogP contribution is -2.18. The molecule has 1 rings (SSSR count). The molecule has 0 aliphatic heterocycles. The lowest BCUT2D eigenvalue weighted by molar-refractivity contribution is -0.119. The molecule has 0 atom stereocenters. The van der Waals surface area contributed by atoms with Crippen LogP contribution < -0.4 is 5.32 Å². The van der Waals surface area contributed by atoms with Gasteiger partial charge in [0.25, 0.3) is 5.91 Å². The summed E-state index contributed by atoms with van der Waals surface area (Å²) in [5, 5.41) is 2.50. The van der Waals surface area contributed by atoms with Gasteiger partial charge in [0.1, 0.15) is 6.61 Å². The molecule has 0 fully saturated rings. The Labute approximate surface area is 76.2 Å². The first-order chi connectivity index (χ1) is 6.22.